The lowest BCUT2D eigenvalue weighted by atomic mass is 9.93. The van der Waals surface area contributed by atoms with Crippen molar-refractivity contribution in [1.82, 2.24) is 14.8 Å². The van der Waals surface area contributed by atoms with Crippen LogP contribution in [-0.4, -0.2) is 34.4 Å². The average Bonchev–Trinajstić information content (AvgIpc) is 3.40. The first-order chi connectivity index (χ1) is 19.4. The Balaban J connectivity index is 1.38. The molecular weight excluding hydrogens is 518 g/mol. The highest BCUT2D eigenvalue weighted by atomic mass is 35.5. The first kappa shape index (κ1) is 25.9. The van der Waals surface area contributed by atoms with Crippen molar-refractivity contribution in [2.45, 2.75) is 19.4 Å². The molecule has 1 unspecified atom stereocenters. The normalized spacial score (nSPS) is 14.5. The maximum absolute atomic E-state index is 13.8. The van der Waals surface area contributed by atoms with Gasteiger partial charge in [-0.3, -0.25) is 9.59 Å². The molecule has 0 radical (unpaired) electrons. The Labute approximate surface area is 239 Å². The monoisotopic (exact) mass is 547 g/mol. The summed E-state index contributed by atoms with van der Waals surface area (Å²) < 4.78 is 2.20. The highest BCUT2D eigenvalue weighted by Gasteiger charge is 2.41. The number of carbonyl (C=O) groups excluding carboxylic acids is 2. The predicted molar refractivity (Wildman–Crippen MR) is 161 cm³/mol. The molecule has 5 aromatic rings. The van der Waals surface area contributed by atoms with E-state index < -0.39 is 6.04 Å². The summed E-state index contributed by atoms with van der Waals surface area (Å²) >= 11 is 5.99. The Kier molecular flexibility index (Phi) is 6.91. The highest BCUT2D eigenvalue weighted by molar-refractivity contribution is 6.30. The molecular formula is C34H30ClN3O2. The lowest BCUT2D eigenvalue weighted by molar-refractivity contribution is -0.122. The van der Waals surface area contributed by atoms with Crippen molar-refractivity contribution >= 4 is 34.3 Å². The summed E-state index contributed by atoms with van der Waals surface area (Å²) in [5.74, 6) is -0.312. The smallest absolute Gasteiger partial charge is 0.255 e. The van der Waals surface area contributed by atoms with E-state index in [0.29, 0.717) is 23.6 Å². The van der Waals surface area contributed by atoms with E-state index in [2.05, 4.69) is 60.3 Å². The molecule has 0 bridgehead atoms. The molecule has 2 heterocycles. The molecule has 2 amide bonds. The summed E-state index contributed by atoms with van der Waals surface area (Å²) in [4.78, 5) is 28.8. The van der Waals surface area contributed by atoms with Crippen LogP contribution in [0, 0.1) is 6.92 Å². The number of hydrogen-bond acceptors (Lipinski definition) is 2. The fraction of sp³-hybridized carbons (Fsp3) is 0.176. The van der Waals surface area contributed by atoms with Crippen LogP contribution in [0.15, 0.2) is 97.1 Å². The third-order valence-corrected chi connectivity index (χ3v) is 8.02. The number of rotatable bonds is 7. The Morgan fingerprint density at radius 1 is 0.900 bits per heavy atom. The van der Waals surface area contributed by atoms with Gasteiger partial charge in [-0.25, -0.2) is 0 Å². The summed E-state index contributed by atoms with van der Waals surface area (Å²) in [6.07, 6.45) is 0.682. The van der Waals surface area contributed by atoms with Crippen molar-refractivity contribution in [2.24, 2.45) is 7.05 Å². The van der Waals surface area contributed by atoms with E-state index in [1.165, 1.54) is 5.56 Å². The number of aryl methyl sites for hydroxylation is 2. The molecule has 6 heteroatoms. The number of hydrogen-bond donors (Lipinski definition) is 1. The highest BCUT2D eigenvalue weighted by Crippen LogP contribution is 2.46. The second-order valence-electron chi connectivity index (χ2n) is 10.4. The standard InChI is InChI=1S/C34H30ClN3O2/c1-22-11-15-24(16-12-22)32-31(28-9-5-6-10-29(28)37(32)2)33-26-7-3-4-8-27(26)34(40)38(33)21-30(39)36-20-19-23-13-17-25(35)18-14-23/h3-18,33H,19-21H2,1-2H3,(H,36,39). The molecule has 200 valence electrons. The number of halogens is 1. The van der Waals surface area contributed by atoms with E-state index in [9.17, 15) is 9.59 Å². The molecule has 1 aliphatic rings. The van der Waals surface area contributed by atoms with Crippen LogP contribution < -0.4 is 5.32 Å². The van der Waals surface area contributed by atoms with Crippen LogP contribution in [0.4, 0.5) is 0 Å². The first-order valence-corrected chi connectivity index (χ1v) is 13.9. The van der Waals surface area contributed by atoms with E-state index in [0.717, 1.165) is 38.9 Å². The Morgan fingerprint density at radius 2 is 1.60 bits per heavy atom. The minimum atomic E-state index is -0.395. The summed E-state index contributed by atoms with van der Waals surface area (Å²) in [7, 11) is 2.07. The van der Waals surface area contributed by atoms with Gasteiger partial charge >= 0.3 is 0 Å². The van der Waals surface area contributed by atoms with E-state index >= 15 is 0 Å². The van der Waals surface area contributed by atoms with Crippen LogP contribution in [0.2, 0.25) is 5.02 Å². The fourth-order valence-corrected chi connectivity index (χ4v) is 5.94. The minimum Gasteiger partial charge on any atom is -0.354 e. The van der Waals surface area contributed by atoms with Gasteiger partial charge in [0.15, 0.2) is 0 Å². The maximum atomic E-state index is 13.8. The van der Waals surface area contributed by atoms with Gasteiger partial charge in [-0.2, -0.15) is 0 Å². The van der Waals surface area contributed by atoms with E-state index in [4.69, 9.17) is 11.6 Å². The van der Waals surface area contributed by atoms with E-state index in [1.54, 1.807) is 4.90 Å². The zero-order valence-electron chi connectivity index (χ0n) is 22.5. The molecule has 4 aromatic carbocycles. The second kappa shape index (κ2) is 10.7. The number of carbonyl (C=O) groups is 2. The van der Waals surface area contributed by atoms with Gasteiger partial charge in [0.05, 0.1) is 11.7 Å². The topological polar surface area (TPSA) is 54.3 Å². The SMILES string of the molecule is Cc1ccc(-c2c(C3c4ccccc4C(=O)N3CC(=O)NCCc3ccc(Cl)cc3)c3ccccc3n2C)cc1. The molecule has 6 rings (SSSR count). The maximum Gasteiger partial charge on any atom is 0.255 e. The van der Waals surface area contributed by atoms with Crippen molar-refractivity contribution in [3.05, 3.63) is 130 Å². The van der Waals surface area contributed by atoms with Crippen molar-refractivity contribution in [2.75, 3.05) is 13.1 Å². The molecule has 5 nitrogen and oxygen atoms in total. The Bertz CT molecular complexity index is 1720. The van der Waals surface area contributed by atoms with Crippen LogP contribution in [-0.2, 0) is 18.3 Å². The zero-order valence-corrected chi connectivity index (χ0v) is 23.3. The molecule has 0 spiro atoms. The van der Waals surface area contributed by atoms with Crippen LogP contribution in [0.5, 0.6) is 0 Å². The lowest BCUT2D eigenvalue weighted by Gasteiger charge is -2.26. The molecule has 0 saturated heterocycles. The van der Waals surface area contributed by atoms with Crippen molar-refractivity contribution in [3.63, 3.8) is 0 Å². The van der Waals surface area contributed by atoms with Gasteiger partial charge in [0.25, 0.3) is 5.91 Å². The van der Waals surface area contributed by atoms with E-state index in [1.807, 2.05) is 60.7 Å². The van der Waals surface area contributed by atoms with E-state index in [-0.39, 0.29) is 18.4 Å². The largest absolute Gasteiger partial charge is 0.354 e. The van der Waals surface area contributed by atoms with Crippen LogP contribution in [0.25, 0.3) is 22.2 Å². The number of amides is 2. The third kappa shape index (κ3) is 4.67. The van der Waals surface area contributed by atoms with Crippen LogP contribution >= 0.6 is 11.6 Å². The number of nitrogens with zero attached hydrogens (tertiary/aromatic N) is 2. The molecule has 1 atom stereocenters. The van der Waals surface area contributed by atoms with Gasteiger partial charge < -0.3 is 14.8 Å². The number of benzene rings is 4. The molecule has 0 aliphatic carbocycles. The van der Waals surface area contributed by atoms with Crippen LogP contribution in [0.1, 0.15) is 38.7 Å². The molecule has 0 fully saturated rings. The Morgan fingerprint density at radius 3 is 2.38 bits per heavy atom. The lowest BCUT2D eigenvalue weighted by Crippen LogP contribution is -2.40. The molecule has 1 aromatic heterocycles. The zero-order chi connectivity index (χ0) is 27.8. The number of aromatic nitrogens is 1. The number of para-hydroxylation sites is 1. The van der Waals surface area contributed by atoms with Gasteiger partial charge in [-0.15, -0.1) is 0 Å². The predicted octanol–water partition coefficient (Wildman–Crippen LogP) is 6.71. The molecule has 1 aliphatic heterocycles. The Hall–Kier alpha value is -4.35. The van der Waals surface area contributed by atoms with Crippen molar-refractivity contribution < 1.29 is 9.59 Å². The quantitative estimate of drug-likeness (QED) is 0.246. The average molecular weight is 548 g/mol. The summed E-state index contributed by atoms with van der Waals surface area (Å²) in [5, 5.41) is 4.77. The van der Waals surface area contributed by atoms with Crippen molar-refractivity contribution in [3.8, 4) is 11.3 Å². The minimum absolute atomic E-state index is 0.0324. The summed E-state index contributed by atoms with van der Waals surface area (Å²) in [6.45, 7) is 2.52. The number of nitrogens with one attached hydrogen (secondary N) is 1. The van der Waals surface area contributed by atoms with Gasteiger partial charge in [0.1, 0.15) is 6.54 Å². The number of fused-ring (bicyclic) bond motifs is 2. The van der Waals surface area contributed by atoms with Crippen LogP contribution in [0.3, 0.4) is 0 Å². The molecule has 0 saturated carbocycles. The summed E-state index contributed by atoms with van der Waals surface area (Å²) in [6, 6.07) is 31.7. The molecule has 1 N–H and O–H groups in total. The fourth-order valence-electron chi connectivity index (χ4n) is 5.81. The van der Waals surface area contributed by atoms with Crippen molar-refractivity contribution in [1.29, 1.82) is 0 Å². The second-order valence-corrected chi connectivity index (χ2v) is 10.8. The molecule has 40 heavy (non-hydrogen) atoms. The summed E-state index contributed by atoms with van der Waals surface area (Å²) in [5.41, 5.74) is 8.07. The third-order valence-electron chi connectivity index (χ3n) is 7.77. The van der Waals surface area contributed by atoms with Gasteiger partial charge in [0.2, 0.25) is 5.91 Å². The van der Waals surface area contributed by atoms with Gasteiger partial charge in [0, 0.05) is 40.6 Å². The first-order valence-electron chi connectivity index (χ1n) is 13.5. The van der Waals surface area contributed by atoms with Gasteiger partial charge in [-0.05, 0) is 54.3 Å². The van der Waals surface area contributed by atoms with Gasteiger partial charge in [-0.1, -0.05) is 90.0 Å².